The summed E-state index contributed by atoms with van der Waals surface area (Å²) in [6.45, 7) is 4.47. The van der Waals surface area contributed by atoms with Crippen molar-refractivity contribution in [2.75, 3.05) is 26.0 Å². The van der Waals surface area contributed by atoms with E-state index in [2.05, 4.69) is 24.5 Å². The van der Waals surface area contributed by atoms with Gasteiger partial charge in [-0.1, -0.05) is 26.0 Å². The molecule has 2 amide bonds. The van der Waals surface area contributed by atoms with Crippen molar-refractivity contribution < 1.29 is 14.0 Å². The zero-order valence-corrected chi connectivity index (χ0v) is 15.1. The molecule has 0 aliphatic rings. The van der Waals surface area contributed by atoms with Gasteiger partial charge in [-0.05, 0) is 49.8 Å². The first-order valence-electron chi connectivity index (χ1n) is 8.27. The molecule has 0 radical (unpaired) electrons. The highest BCUT2D eigenvalue weighted by atomic mass is 16.3. The first-order valence-corrected chi connectivity index (χ1v) is 8.27. The van der Waals surface area contributed by atoms with Crippen molar-refractivity contribution in [3.05, 3.63) is 54.0 Å². The van der Waals surface area contributed by atoms with Crippen LogP contribution in [0.1, 0.15) is 37.1 Å². The van der Waals surface area contributed by atoms with Gasteiger partial charge >= 0.3 is 11.8 Å². The fourth-order valence-electron chi connectivity index (χ4n) is 2.43. The van der Waals surface area contributed by atoms with Crippen LogP contribution in [0.3, 0.4) is 0 Å². The second-order valence-electron chi connectivity index (χ2n) is 6.44. The molecule has 0 saturated carbocycles. The Morgan fingerprint density at radius 3 is 2.28 bits per heavy atom. The number of furan rings is 1. The van der Waals surface area contributed by atoms with Gasteiger partial charge in [-0.2, -0.15) is 0 Å². The average molecular weight is 343 g/mol. The predicted octanol–water partition coefficient (Wildman–Crippen LogP) is 2.76. The summed E-state index contributed by atoms with van der Waals surface area (Å²) in [5.74, 6) is -0.215. The van der Waals surface area contributed by atoms with Gasteiger partial charge in [0.15, 0.2) is 0 Å². The van der Waals surface area contributed by atoms with Crippen molar-refractivity contribution in [1.82, 2.24) is 10.2 Å². The fraction of sp³-hybridized carbons (Fsp3) is 0.368. The molecule has 1 atom stereocenters. The molecule has 0 saturated heterocycles. The number of carbonyl (C=O) groups is 2. The summed E-state index contributed by atoms with van der Waals surface area (Å²) in [4.78, 5) is 26.0. The highest BCUT2D eigenvalue weighted by Crippen LogP contribution is 2.18. The van der Waals surface area contributed by atoms with Crippen LogP contribution >= 0.6 is 0 Å². The van der Waals surface area contributed by atoms with Crippen molar-refractivity contribution in [3.63, 3.8) is 0 Å². The Balaban J connectivity index is 1.90. The van der Waals surface area contributed by atoms with E-state index < -0.39 is 11.8 Å². The third-order valence-corrected chi connectivity index (χ3v) is 3.99. The third kappa shape index (κ3) is 5.19. The second kappa shape index (κ2) is 8.48. The van der Waals surface area contributed by atoms with Crippen LogP contribution in [-0.2, 0) is 9.59 Å². The van der Waals surface area contributed by atoms with Gasteiger partial charge in [0.05, 0.1) is 12.3 Å². The van der Waals surface area contributed by atoms with Crippen LogP contribution in [0.4, 0.5) is 5.69 Å². The molecule has 0 aliphatic carbocycles. The van der Waals surface area contributed by atoms with Gasteiger partial charge in [-0.15, -0.1) is 0 Å². The van der Waals surface area contributed by atoms with Crippen LogP contribution in [-0.4, -0.2) is 37.4 Å². The predicted molar refractivity (Wildman–Crippen MR) is 97.3 cm³/mol. The van der Waals surface area contributed by atoms with Gasteiger partial charge < -0.3 is 15.1 Å². The van der Waals surface area contributed by atoms with Gasteiger partial charge in [0.1, 0.15) is 5.76 Å². The number of carbonyl (C=O) groups excluding carboxylic acids is 2. The summed E-state index contributed by atoms with van der Waals surface area (Å²) in [7, 11) is 3.77. The molecule has 1 aromatic carbocycles. The molecule has 1 heterocycles. The molecule has 1 aromatic heterocycles. The van der Waals surface area contributed by atoms with Crippen molar-refractivity contribution in [3.8, 4) is 0 Å². The van der Waals surface area contributed by atoms with Crippen molar-refractivity contribution >= 4 is 17.5 Å². The minimum Gasteiger partial charge on any atom is -0.468 e. The van der Waals surface area contributed by atoms with Crippen LogP contribution in [0, 0.1) is 0 Å². The van der Waals surface area contributed by atoms with E-state index in [4.69, 9.17) is 4.42 Å². The molecule has 134 valence electrons. The summed E-state index contributed by atoms with van der Waals surface area (Å²) in [5.41, 5.74) is 1.77. The molecule has 0 spiro atoms. The highest BCUT2D eigenvalue weighted by Gasteiger charge is 2.20. The lowest BCUT2D eigenvalue weighted by molar-refractivity contribution is -0.136. The summed E-state index contributed by atoms with van der Waals surface area (Å²) in [6.07, 6.45) is 1.58. The number of amides is 2. The number of likely N-dealkylation sites (N-methyl/N-ethyl adjacent to an activating group) is 1. The number of hydrogen-bond donors (Lipinski definition) is 2. The number of rotatable bonds is 6. The topological polar surface area (TPSA) is 74.6 Å². The van der Waals surface area contributed by atoms with E-state index in [9.17, 15) is 9.59 Å². The van der Waals surface area contributed by atoms with Gasteiger partial charge in [0, 0.05) is 12.2 Å². The zero-order chi connectivity index (χ0) is 18.4. The third-order valence-electron chi connectivity index (χ3n) is 3.99. The number of nitrogens with one attached hydrogen (secondary N) is 2. The largest absolute Gasteiger partial charge is 0.468 e. The maximum absolute atomic E-state index is 12.0. The maximum Gasteiger partial charge on any atom is 0.313 e. The van der Waals surface area contributed by atoms with E-state index in [1.54, 1.807) is 24.5 Å². The van der Waals surface area contributed by atoms with Crippen molar-refractivity contribution in [2.24, 2.45) is 0 Å². The number of benzene rings is 1. The summed E-state index contributed by atoms with van der Waals surface area (Å²) >= 11 is 0. The Morgan fingerprint density at radius 2 is 1.76 bits per heavy atom. The summed E-state index contributed by atoms with van der Waals surface area (Å²) in [5, 5.41) is 5.26. The minimum absolute atomic E-state index is 0.142. The lowest BCUT2D eigenvalue weighted by Gasteiger charge is -2.22. The molecular weight excluding hydrogens is 318 g/mol. The van der Waals surface area contributed by atoms with Gasteiger partial charge in [0.25, 0.3) is 0 Å². The molecule has 2 N–H and O–H groups in total. The van der Waals surface area contributed by atoms with Crippen molar-refractivity contribution in [1.29, 1.82) is 0 Å². The monoisotopic (exact) mass is 343 g/mol. The molecule has 6 nitrogen and oxygen atoms in total. The van der Waals surface area contributed by atoms with Crippen LogP contribution in [0.5, 0.6) is 0 Å². The Labute approximate surface area is 148 Å². The smallest absolute Gasteiger partial charge is 0.313 e. The molecule has 0 bridgehead atoms. The van der Waals surface area contributed by atoms with E-state index >= 15 is 0 Å². The standard InChI is InChI=1S/C19H25N3O3/c1-13(2)14-7-9-15(10-8-14)21-19(24)18(23)20-12-16(22(3)4)17-6-5-11-25-17/h5-11,13,16H,12H2,1-4H3,(H,20,23)(H,21,24)/t16-/m1/s1. The summed E-state index contributed by atoms with van der Waals surface area (Å²) in [6, 6.07) is 11.0. The number of hydrogen-bond acceptors (Lipinski definition) is 4. The number of anilines is 1. The first-order chi connectivity index (χ1) is 11.9. The van der Waals surface area contributed by atoms with Crippen LogP contribution in [0.15, 0.2) is 47.1 Å². The van der Waals surface area contributed by atoms with Gasteiger partial charge in [-0.25, -0.2) is 0 Å². The molecule has 6 heteroatoms. The van der Waals surface area contributed by atoms with Gasteiger partial charge in [-0.3, -0.25) is 14.5 Å². The maximum atomic E-state index is 12.0. The van der Waals surface area contributed by atoms with Crippen LogP contribution in [0.2, 0.25) is 0 Å². The Morgan fingerprint density at radius 1 is 1.08 bits per heavy atom. The van der Waals surface area contributed by atoms with E-state index in [0.717, 1.165) is 5.76 Å². The molecule has 2 rings (SSSR count). The fourth-order valence-corrected chi connectivity index (χ4v) is 2.43. The highest BCUT2D eigenvalue weighted by molar-refractivity contribution is 6.39. The normalized spacial score (nSPS) is 12.2. The molecule has 0 aliphatic heterocycles. The van der Waals surface area contributed by atoms with E-state index in [1.165, 1.54) is 5.56 Å². The molecule has 0 fully saturated rings. The van der Waals surface area contributed by atoms with Crippen molar-refractivity contribution in [2.45, 2.75) is 25.8 Å². The SMILES string of the molecule is CC(C)c1ccc(NC(=O)C(=O)NC[C@H](c2ccco2)N(C)C)cc1. The second-order valence-corrected chi connectivity index (χ2v) is 6.44. The van der Waals surface area contributed by atoms with Crippen LogP contribution in [0.25, 0.3) is 0 Å². The Hall–Kier alpha value is -2.60. The molecule has 2 aromatic rings. The summed E-state index contributed by atoms with van der Waals surface area (Å²) < 4.78 is 5.38. The lowest BCUT2D eigenvalue weighted by atomic mass is 10.0. The van der Waals surface area contributed by atoms with E-state index in [0.29, 0.717) is 11.6 Å². The first kappa shape index (κ1) is 18.7. The van der Waals surface area contributed by atoms with Gasteiger partial charge in [0.2, 0.25) is 0 Å². The molecule has 25 heavy (non-hydrogen) atoms. The Kier molecular flexibility index (Phi) is 6.36. The molecular formula is C19H25N3O3. The lowest BCUT2D eigenvalue weighted by Crippen LogP contribution is -2.40. The van der Waals surface area contributed by atoms with Crippen LogP contribution < -0.4 is 10.6 Å². The molecule has 0 unspecified atom stereocenters. The average Bonchev–Trinajstić information content (AvgIpc) is 3.09. The number of nitrogens with zero attached hydrogens (tertiary/aromatic N) is 1. The van der Waals surface area contributed by atoms with E-state index in [1.807, 2.05) is 37.2 Å². The quantitative estimate of drug-likeness (QED) is 0.791. The minimum atomic E-state index is -0.686. The Bertz CT molecular complexity index is 691. The van der Waals surface area contributed by atoms with E-state index in [-0.39, 0.29) is 12.6 Å². The zero-order valence-electron chi connectivity index (χ0n) is 15.1.